The Kier molecular flexibility index (Phi) is 5.05. The number of sulfonamides is 1. The number of amides is 1. The SMILES string of the molecule is Cn1cncc1-c1ccc2nnc(NC(=O)C3CCN(S(C)(=O)=O)CC3)cc2c1. The van der Waals surface area contributed by atoms with Crippen molar-refractivity contribution in [2.24, 2.45) is 13.0 Å². The molecule has 29 heavy (non-hydrogen) atoms. The first-order valence-electron chi connectivity index (χ1n) is 9.31. The Bertz CT molecular complexity index is 1170. The zero-order valence-corrected chi connectivity index (χ0v) is 17.1. The maximum atomic E-state index is 12.6. The van der Waals surface area contributed by atoms with Gasteiger partial charge in [0.25, 0.3) is 0 Å². The lowest BCUT2D eigenvalue weighted by molar-refractivity contribution is -0.120. The third-order valence-corrected chi connectivity index (χ3v) is 6.55. The highest BCUT2D eigenvalue weighted by Gasteiger charge is 2.29. The second-order valence-electron chi connectivity index (χ2n) is 7.32. The van der Waals surface area contributed by atoms with E-state index in [4.69, 9.17) is 0 Å². The van der Waals surface area contributed by atoms with Crippen molar-refractivity contribution in [3.05, 3.63) is 36.8 Å². The number of rotatable bonds is 4. The molecule has 0 aliphatic carbocycles. The van der Waals surface area contributed by atoms with Crippen LogP contribution in [0.1, 0.15) is 12.8 Å². The van der Waals surface area contributed by atoms with Gasteiger partial charge in [0.15, 0.2) is 5.82 Å². The molecule has 9 nitrogen and oxygen atoms in total. The quantitative estimate of drug-likeness (QED) is 0.695. The number of carbonyl (C=O) groups is 1. The molecule has 0 atom stereocenters. The van der Waals surface area contributed by atoms with Gasteiger partial charge < -0.3 is 9.88 Å². The summed E-state index contributed by atoms with van der Waals surface area (Å²) in [5.74, 6) is -0.0175. The lowest BCUT2D eigenvalue weighted by Crippen LogP contribution is -2.40. The van der Waals surface area contributed by atoms with Crippen LogP contribution in [0.15, 0.2) is 36.8 Å². The van der Waals surface area contributed by atoms with Gasteiger partial charge in [-0.1, -0.05) is 6.07 Å². The molecule has 3 aromatic rings. The molecule has 0 radical (unpaired) electrons. The number of aryl methyl sites for hydroxylation is 1. The van der Waals surface area contributed by atoms with Crippen molar-refractivity contribution in [3.63, 3.8) is 0 Å². The third-order valence-electron chi connectivity index (χ3n) is 5.24. The average molecular weight is 414 g/mol. The van der Waals surface area contributed by atoms with Crippen molar-refractivity contribution in [3.8, 4) is 11.3 Å². The molecule has 0 bridgehead atoms. The van der Waals surface area contributed by atoms with E-state index in [2.05, 4.69) is 20.5 Å². The number of piperidine rings is 1. The summed E-state index contributed by atoms with van der Waals surface area (Å²) in [6.45, 7) is 0.711. The van der Waals surface area contributed by atoms with Gasteiger partial charge in [-0.2, -0.15) is 0 Å². The standard InChI is InChI=1S/C19H22N6O3S/c1-24-12-20-11-17(24)14-3-4-16-15(9-14)10-18(23-22-16)21-19(26)13-5-7-25(8-6-13)29(2,27)28/h3-4,9-13H,5-8H2,1-2H3,(H,21,23,26). The number of nitrogens with zero attached hydrogens (tertiary/aromatic N) is 5. The number of anilines is 1. The minimum atomic E-state index is -3.21. The van der Waals surface area contributed by atoms with Gasteiger partial charge in [-0.05, 0) is 31.0 Å². The van der Waals surface area contributed by atoms with Crippen LogP contribution in [0, 0.1) is 5.92 Å². The highest BCUT2D eigenvalue weighted by Crippen LogP contribution is 2.25. The molecule has 1 amide bonds. The molecule has 2 aromatic heterocycles. The molecule has 1 saturated heterocycles. The van der Waals surface area contributed by atoms with Crippen LogP contribution in [0.5, 0.6) is 0 Å². The van der Waals surface area contributed by atoms with E-state index < -0.39 is 10.0 Å². The van der Waals surface area contributed by atoms with Gasteiger partial charge in [0.05, 0.1) is 30.0 Å². The zero-order valence-electron chi connectivity index (χ0n) is 16.2. The molecule has 4 rings (SSSR count). The Morgan fingerprint density at radius 2 is 1.93 bits per heavy atom. The molecule has 1 aromatic carbocycles. The normalized spacial score (nSPS) is 16.2. The van der Waals surface area contributed by atoms with E-state index in [9.17, 15) is 13.2 Å². The Morgan fingerprint density at radius 3 is 2.59 bits per heavy atom. The summed E-state index contributed by atoms with van der Waals surface area (Å²) >= 11 is 0. The Labute approximate surface area is 168 Å². The van der Waals surface area contributed by atoms with Crippen molar-refractivity contribution >= 4 is 32.7 Å². The molecule has 1 N–H and O–H groups in total. The Morgan fingerprint density at radius 1 is 1.17 bits per heavy atom. The lowest BCUT2D eigenvalue weighted by Gasteiger charge is -2.29. The fourth-order valence-electron chi connectivity index (χ4n) is 3.58. The largest absolute Gasteiger partial charge is 0.334 e. The van der Waals surface area contributed by atoms with Crippen molar-refractivity contribution in [1.82, 2.24) is 24.1 Å². The number of hydrogen-bond acceptors (Lipinski definition) is 6. The number of hydrogen-bond donors (Lipinski definition) is 1. The van der Waals surface area contributed by atoms with E-state index in [1.54, 1.807) is 18.6 Å². The van der Waals surface area contributed by atoms with Gasteiger partial charge in [0, 0.05) is 37.0 Å². The van der Waals surface area contributed by atoms with Crippen molar-refractivity contribution in [2.45, 2.75) is 12.8 Å². The lowest BCUT2D eigenvalue weighted by atomic mass is 9.97. The minimum absolute atomic E-state index is 0.158. The summed E-state index contributed by atoms with van der Waals surface area (Å²) in [6.07, 6.45) is 5.71. The van der Waals surface area contributed by atoms with Gasteiger partial charge in [0.1, 0.15) is 0 Å². The molecule has 1 aliphatic heterocycles. The number of fused-ring (bicyclic) bond motifs is 1. The van der Waals surface area contributed by atoms with Crippen LogP contribution in [-0.2, 0) is 21.9 Å². The minimum Gasteiger partial charge on any atom is -0.334 e. The maximum absolute atomic E-state index is 12.6. The van der Waals surface area contributed by atoms with E-state index in [1.165, 1.54) is 10.6 Å². The first-order valence-corrected chi connectivity index (χ1v) is 11.2. The van der Waals surface area contributed by atoms with Gasteiger partial charge >= 0.3 is 0 Å². The second kappa shape index (κ2) is 7.53. The molecule has 0 saturated carbocycles. The number of benzene rings is 1. The van der Waals surface area contributed by atoms with E-state index in [-0.39, 0.29) is 11.8 Å². The van der Waals surface area contributed by atoms with Crippen molar-refractivity contribution < 1.29 is 13.2 Å². The van der Waals surface area contributed by atoms with Crippen LogP contribution in [-0.4, -0.2) is 57.7 Å². The fourth-order valence-corrected chi connectivity index (χ4v) is 4.45. The topological polar surface area (TPSA) is 110 Å². The van der Waals surface area contributed by atoms with Crippen LogP contribution < -0.4 is 5.32 Å². The molecular formula is C19H22N6O3S. The number of carbonyl (C=O) groups excluding carboxylic acids is 1. The first-order chi connectivity index (χ1) is 13.8. The summed E-state index contributed by atoms with van der Waals surface area (Å²) < 4.78 is 26.6. The molecule has 152 valence electrons. The van der Waals surface area contributed by atoms with E-state index in [0.29, 0.717) is 31.7 Å². The summed E-state index contributed by atoms with van der Waals surface area (Å²) in [4.78, 5) is 16.7. The summed E-state index contributed by atoms with van der Waals surface area (Å²) in [6, 6.07) is 7.63. The van der Waals surface area contributed by atoms with Crippen LogP contribution in [0.4, 0.5) is 5.82 Å². The molecule has 0 unspecified atom stereocenters. The monoisotopic (exact) mass is 414 g/mol. The van der Waals surface area contributed by atoms with Gasteiger partial charge in [0.2, 0.25) is 15.9 Å². The van der Waals surface area contributed by atoms with Crippen LogP contribution in [0.2, 0.25) is 0 Å². The molecule has 3 heterocycles. The number of aromatic nitrogens is 4. The third kappa shape index (κ3) is 4.13. The zero-order chi connectivity index (χ0) is 20.6. The summed E-state index contributed by atoms with van der Waals surface area (Å²) in [5.41, 5.74) is 2.71. The fraction of sp³-hybridized carbons (Fsp3) is 0.368. The second-order valence-corrected chi connectivity index (χ2v) is 9.30. The predicted octanol–water partition coefficient (Wildman–Crippen LogP) is 1.64. The van der Waals surface area contributed by atoms with Crippen LogP contribution in [0.25, 0.3) is 22.2 Å². The van der Waals surface area contributed by atoms with E-state index in [0.717, 1.165) is 22.2 Å². The van der Waals surface area contributed by atoms with Gasteiger partial charge in [-0.15, -0.1) is 10.2 Å². The summed E-state index contributed by atoms with van der Waals surface area (Å²) in [5, 5.41) is 12.0. The number of imidazole rings is 1. The first kappa shape index (κ1) is 19.5. The van der Waals surface area contributed by atoms with E-state index in [1.807, 2.05) is 29.8 Å². The highest BCUT2D eigenvalue weighted by molar-refractivity contribution is 7.88. The molecule has 0 spiro atoms. The molecule has 10 heteroatoms. The number of nitrogens with one attached hydrogen (secondary N) is 1. The molecule has 1 aliphatic rings. The molecular weight excluding hydrogens is 392 g/mol. The highest BCUT2D eigenvalue weighted by atomic mass is 32.2. The van der Waals surface area contributed by atoms with Crippen LogP contribution >= 0.6 is 0 Å². The van der Waals surface area contributed by atoms with Crippen molar-refractivity contribution in [2.75, 3.05) is 24.7 Å². The Hall–Kier alpha value is -2.85. The summed E-state index contributed by atoms with van der Waals surface area (Å²) in [7, 11) is -1.28. The van der Waals surface area contributed by atoms with E-state index >= 15 is 0 Å². The van der Waals surface area contributed by atoms with Gasteiger partial charge in [-0.25, -0.2) is 17.7 Å². The van der Waals surface area contributed by atoms with Crippen molar-refractivity contribution in [1.29, 1.82) is 0 Å². The van der Waals surface area contributed by atoms with Gasteiger partial charge in [-0.3, -0.25) is 4.79 Å². The molecule has 1 fully saturated rings. The smallest absolute Gasteiger partial charge is 0.228 e. The average Bonchev–Trinajstić information content (AvgIpc) is 3.13. The predicted molar refractivity (Wildman–Crippen MR) is 110 cm³/mol. The van der Waals surface area contributed by atoms with Crippen LogP contribution in [0.3, 0.4) is 0 Å². The Balaban J connectivity index is 1.49. The maximum Gasteiger partial charge on any atom is 0.228 e.